The summed E-state index contributed by atoms with van der Waals surface area (Å²) in [6.45, 7) is 2.71. The minimum atomic E-state index is -0.500. The highest BCUT2D eigenvalue weighted by Crippen LogP contribution is 2.28. The molecule has 2 aliphatic rings. The lowest BCUT2D eigenvalue weighted by Crippen LogP contribution is -2.57. The van der Waals surface area contributed by atoms with Crippen LogP contribution in [0.3, 0.4) is 0 Å². The first-order valence-electron chi connectivity index (χ1n) is 9.76. The van der Waals surface area contributed by atoms with E-state index in [1.165, 1.54) is 0 Å². The fraction of sp³-hybridized carbons (Fsp3) is 0.333. The largest absolute Gasteiger partial charge is 0.497 e. The number of methoxy groups -OCH3 is 2. The molecule has 0 spiro atoms. The number of rotatable bonds is 5. The summed E-state index contributed by atoms with van der Waals surface area (Å²) in [4.78, 5) is 13.3. The molecular formula is C21H26N6O3. The van der Waals surface area contributed by atoms with Crippen molar-refractivity contribution in [2.24, 2.45) is 15.7 Å². The minimum Gasteiger partial charge on any atom is -0.497 e. The molecule has 1 fully saturated rings. The van der Waals surface area contributed by atoms with Crippen LogP contribution in [0.15, 0.2) is 58.5 Å². The third-order valence-corrected chi connectivity index (χ3v) is 4.92. The lowest BCUT2D eigenvalue weighted by Gasteiger charge is -2.41. The van der Waals surface area contributed by atoms with Gasteiger partial charge in [-0.25, -0.2) is 4.99 Å². The van der Waals surface area contributed by atoms with Crippen molar-refractivity contribution >= 4 is 23.3 Å². The Kier molecular flexibility index (Phi) is 5.89. The molecule has 30 heavy (non-hydrogen) atoms. The maximum Gasteiger partial charge on any atom is 0.222 e. The van der Waals surface area contributed by atoms with Gasteiger partial charge in [0.25, 0.3) is 0 Å². The van der Waals surface area contributed by atoms with E-state index >= 15 is 0 Å². The highest BCUT2D eigenvalue weighted by atomic mass is 16.5. The van der Waals surface area contributed by atoms with E-state index in [4.69, 9.17) is 19.9 Å². The molecule has 4 rings (SSSR count). The Morgan fingerprint density at radius 2 is 1.73 bits per heavy atom. The van der Waals surface area contributed by atoms with Crippen molar-refractivity contribution in [3.8, 4) is 11.5 Å². The van der Waals surface area contributed by atoms with Gasteiger partial charge in [-0.1, -0.05) is 12.1 Å². The molecule has 158 valence electrons. The molecule has 0 radical (unpaired) electrons. The van der Waals surface area contributed by atoms with E-state index in [0.717, 1.165) is 41.9 Å². The van der Waals surface area contributed by atoms with Gasteiger partial charge >= 0.3 is 0 Å². The van der Waals surface area contributed by atoms with Gasteiger partial charge in [-0.3, -0.25) is 4.90 Å². The van der Waals surface area contributed by atoms with Gasteiger partial charge in [-0.15, -0.1) is 0 Å². The SMILES string of the molecule is COc1cccc(NC2N=C(N)N=C(N3CCOCC3)N2c2cccc(OC)c2)c1. The summed E-state index contributed by atoms with van der Waals surface area (Å²) in [7, 11) is 3.29. The number of guanidine groups is 2. The van der Waals surface area contributed by atoms with Gasteiger partial charge < -0.3 is 30.2 Å². The van der Waals surface area contributed by atoms with Crippen LogP contribution in [0.4, 0.5) is 11.4 Å². The molecule has 2 heterocycles. The minimum absolute atomic E-state index is 0.219. The molecule has 0 amide bonds. The molecule has 0 aliphatic carbocycles. The molecule has 2 aromatic carbocycles. The summed E-state index contributed by atoms with van der Waals surface area (Å²) >= 11 is 0. The van der Waals surface area contributed by atoms with Crippen molar-refractivity contribution in [1.29, 1.82) is 0 Å². The van der Waals surface area contributed by atoms with Crippen molar-refractivity contribution in [1.82, 2.24) is 4.90 Å². The molecule has 1 unspecified atom stereocenters. The Labute approximate surface area is 175 Å². The first kappa shape index (κ1) is 19.8. The molecule has 1 atom stereocenters. The normalized spacial score (nSPS) is 19.1. The van der Waals surface area contributed by atoms with E-state index < -0.39 is 6.29 Å². The molecule has 9 heteroatoms. The Morgan fingerprint density at radius 1 is 1.03 bits per heavy atom. The Bertz CT molecular complexity index is 942. The van der Waals surface area contributed by atoms with Crippen LogP contribution in [-0.2, 0) is 4.74 Å². The number of aliphatic imine (C=N–C) groups is 2. The van der Waals surface area contributed by atoms with Gasteiger partial charge in [0.2, 0.25) is 18.2 Å². The first-order valence-corrected chi connectivity index (χ1v) is 9.76. The van der Waals surface area contributed by atoms with Crippen LogP contribution in [0.5, 0.6) is 11.5 Å². The number of hydrogen-bond acceptors (Lipinski definition) is 9. The second kappa shape index (κ2) is 8.91. The van der Waals surface area contributed by atoms with E-state index in [0.29, 0.717) is 13.2 Å². The lowest BCUT2D eigenvalue weighted by molar-refractivity contribution is 0.0671. The van der Waals surface area contributed by atoms with Crippen LogP contribution in [0.2, 0.25) is 0 Å². The number of nitrogens with two attached hydrogens (primary N) is 1. The van der Waals surface area contributed by atoms with Crippen molar-refractivity contribution in [3.05, 3.63) is 48.5 Å². The van der Waals surface area contributed by atoms with E-state index in [9.17, 15) is 0 Å². The zero-order chi connectivity index (χ0) is 20.9. The summed E-state index contributed by atoms with van der Waals surface area (Å²) in [5.41, 5.74) is 7.86. The second-order valence-corrected chi connectivity index (χ2v) is 6.82. The maximum absolute atomic E-state index is 6.12. The summed E-state index contributed by atoms with van der Waals surface area (Å²) in [6, 6.07) is 15.5. The van der Waals surface area contributed by atoms with E-state index in [-0.39, 0.29) is 5.96 Å². The third kappa shape index (κ3) is 4.25. The average Bonchev–Trinajstić information content (AvgIpc) is 2.79. The van der Waals surface area contributed by atoms with E-state index in [1.54, 1.807) is 14.2 Å². The first-order chi connectivity index (χ1) is 14.7. The summed E-state index contributed by atoms with van der Waals surface area (Å²) < 4.78 is 16.3. The number of ether oxygens (including phenoxy) is 3. The van der Waals surface area contributed by atoms with Gasteiger partial charge in [-0.2, -0.15) is 4.99 Å². The van der Waals surface area contributed by atoms with Crippen molar-refractivity contribution in [2.75, 3.05) is 50.7 Å². The molecule has 0 saturated carbocycles. The van der Waals surface area contributed by atoms with E-state index in [2.05, 4.69) is 20.2 Å². The van der Waals surface area contributed by atoms with Gasteiger partial charge in [0.15, 0.2) is 0 Å². The van der Waals surface area contributed by atoms with Crippen LogP contribution >= 0.6 is 0 Å². The van der Waals surface area contributed by atoms with Gasteiger partial charge in [0, 0.05) is 30.9 Å². The highest BCUT2D eigenvalue weighted by molar-refractivity contribution is 6.06. The quantitative estimate of drug-likeness (QED) is 0.777. The topological polar surface area (TPSA) is 96.9 Å². The predicted octanol–water partition coefficient (Wildman–Crippen LogP) is 1.92. The number of morpholine rings is 1. The summed E-state index contributed by atoms with van der Waals surface area (Å²) in [6.07, 6.45) is -0.500. The zero-order valence-corrected chi connectivity index (χ0v) is 17.1. The fourth-order valence-electron chi connectivity index (χ4n) is 3.44. The molecule has 1 saturated heterocycles. The molecular weight excluding hydrogens is 384 g/mol. The smallest absolute Gasteiger partial charge is 0.222 e. The monoisotopic (exact) mass is 410 g/mol. The maximum atomic E-state index is 6.12. The average molecular weight is 410 g/mol. The fourth-order valence-corrected chi connectivity index (χ4v) is 3.44. The van der Waals surface area contributed by atoms with Crippen molar-refractivity contribution < 1.29 is 14.2 Å². The summed E-state index contributed by atoms with van der Waals surface area (Å²) in [5, 5.41) is 3.44. The van der Waals surface area contributed by atoms with Crippen LogP contribution in [0.25, 0.3) is 0 Å². The second-order valence-electron chi connectivity index (χ2n) is 6.82. The highest BCUT2D eigenvalue weighted by Gasteiger charge is 2.32. The summed E-state index contributed by atoms with van der Waals surface area (Å²) in [5.74, 6) is 2.44. The van der Waals surface area contributed by atoms with Gasteiger partial charge in [-0.05, 0) is 24.3 Å². The third-order valence-electron chi connectivity index (χ3n) is 4.92. The van der Waals surface area contributed by atoms with Gasteiger partial charge in [0.1, 0.15) is 11.5 Å². The van der Waals surface area contributed by atoms with Crippen LogP contribution in [0.1, 0.15) is 0 Å². The number of hydrogen-bond donors (Lipinski definition) is 2. The predicted molar refractivity (Wildman–Crippen MR) is 117 cm³/mol. The Hall–Kier alpha value is -3.46. The van der Waals surface area contributed by atoms with Crippen LogP contribution < -0.4 is 25.4 Å². The molecule has 0 aromatic heterocycles. The lowest BCUT2D eigenvalue weighted by atomic mass is 10.2. The number of nitrogens with one attached hydrogen (secondary N) is 1. The molecule has 0 bridgehead atoms. The van der Waals surface area contributed by atoms with Gasteiger partial charge in [0.05, 0.1) is 33.1 Å². The molecule has 9 nitrogen and oxygen atoms in total. The molecule has 2 aromatic rings. The Balaban J connectivity index is 1.72. The van der Waals surface area contributed by atoms with Crippen molar-refractivity contribution in [2.45, 2.75) is 6.29 Å². The number of nitrogens with zero attached hydrogens (tertiary/aromatic N) is 4. The van der Waals surface area contributed by atoms with Crippen LogP contribution in [-0.4, -0.2) is 63.6 Å². The van der Waals surface area contributed by atoms with Crippen molar-refractivity contribution in [3.63, 3.8) is 0 Å². The van der Waals surface area contributed by atoms with Crippen LogP contribution in [0, 0.1) is 0 Å². The standard InChI is InChI=1S/C21H26N6O3/c1-28-17-7-3-5-15(13-17)23-20-24-19(22)25-21(26-9-11-30-12-10-26)27(20)16-6-4-8-18(14-16)29-2/h3-8,13-14,20,23H,9-12H2,1-2H3,(H2,22,24). The zero-order valence-electron chi connectivity index (χ0n) is 17.1. The van der Waals surface area contributed by atoms with E-state index in [1.807, 2.05) is 53.4 Å². The number of anilines is 2. The Morgan fingerprint density at radius 3 is 2.47 bits per heavy atom. The number of benzene rings is 2. The molecule has 3 N–H and O–H groups in total. The molecule has 2 aliphatic heterocycles.